The summed E-state index contributed by atoms with van der Waals surface area (Å²) in [4.78, 5) is 12.0. The van der Waals surface area contributed by atoms with Crippen molar-refractivity contribution in [2.45, 2.75) is 57.6 Å². The Hall–Kier alpha value is -2.33. The predicted molar refractivity (Wildman–Crippen MR) is 107 cm³/mol. The van der Waals surface area contributed by atoms with Crippen LogP contribution in [0.25, 0.3) is 0 Å². The van der Waals surface area contributed by atoms with Crippen molar-refractivity contribution in [3.05, 3.63) is 65.2 Å². The van der Waals surface area contributed by atoms with E-state index in [1.807, 2.05) is 0 Å². The second-order valence-corrected chi connectivity index (χ2v) is 7.30. The van der Waals surface area contributed by atoms with Crippen LogP contribution in [0.3, 0.4) is 0 Å². The number of amides is 1. The number of aliphatic hydroxyl groups excluding tert-OH is 1. The van der Waals surface area contributed by atoms with Gasteiger partial charge in [0.1, 0.15) is 5.75 Å². The molecule has 0 atom stereocenters. The maximum atomic E-state index is 12.0. The molecule has 1 saturated carbocycles. The summed E-state index contributed by atoms with van der Waals surface area (Å²) in [6.45, 7) is 0.496. The van der Waals surface area contributed by atoms with Gasteiger partial charge in [0.15, 0.2) is 6.61 Å². The molecule has 4 heteroatoms. The average Bonchev–Trinajstić information content (AvgIpc) is 3.01. The molecule has 0 saturated heterocycles. The first-order chi connectivity index (χ1) is 13.2. The van der Waals surface area contributed by atoms with Crippen LogP contribution in [0.2, 0.25) is 0 Å². The van der Waals surface area contributed by atoms with Gasteiger partial charge in [-0.3, -0.25) is 4.79 Å². The van der Waals surface area contributed by atoms with E-state index in [0.717, 1.165) is 11.1 Å². The lowest BCUT2D eigenvalue weighted by molar-refractivity contribution is -0.123. The quantitative estimate of drug-likeness (QED) is 0.717. The summed E-state index contributed by atoms with van der Waals surface area (Å²) >= 11 is 0. The zero-order valence-electron chi connectivity index (χ0n) is 15.8. The fraction of sp³-hybridized carbons (Fsp3) is 0.435. The van der Waals surface area contributed by atoms with Crippen LogP contribution in [-0.4, -0.2) is 17.6 Å². The van der Waals surface area contributed by atoms with Crippen molar-refractivity contribution in [1.82, 2.24) is 5.32 Å². The molecule has 3 rings (SSSR count). The Morgan fingerprint density at radius 1 is 0.926 bits per heavy atom. The average molecular weight is 367 g/mol. The first kappa shape index (κ1) is 19.4. The van der Waals surface area contributed by atoms with Crippen molar-refractivity contribution >= 4 is 5.91 Å². The van der Waals surface area contributed by atoms with Crippen molar-refractivity contribution in [2.75, 3.05) is 6.61 Å². The number of benzene rings is 2. The number of carbonyl (C=O) groups is 1. The molecule has 0 unspecified atom stereocenters. The predicted octanol–water partition coefficient (Wildman–Crippen LogP) is 4.31. The number of rotatable bonds is 7. The van der Waals surface area contributed by atoms with E-state index in [0.29, 0.717) is 18.2 Å². The van der Waals surface area contributed by atoms with Crippen LogP contribution in [-0.2, 0) is 17.9 Å². The maximum Gasteiger partial charge on any atom is 0.258 e. The first-order valence-electron chi connectivity index (χ1n) is 9.93. The highest BCUT2D eigenvalue weighted by Gasteiger charge is 2.14. The van der Waals surface area contributed by atoms with E-state index in [4.69, 9.17) is 9.84 Å². The molecule has 1 aliphatic rings. The molecular weight excluding hydrogens is 338 g/mol. The number of aliphatic hydroxyl groups is 1. The minimum absolute atomic E-state index is 0.000300. The van der Waals surface area contributed by atoms with Crippen LogP contribution in [0.4, 0.5) is 0 Å². The third-order valence-electron chi connectivity index (χ3n) is 5.27. The number of nitrogens with one attached hydrogen (secondary N) is 1. The van der Waals surface area contributed by atoms with Crippen molar-refractivity contribution in [3.63, 3.8) is 0 Å². The van der Waals surface area contributed by atoms with E-state index in [1.165, 1.54) is 44.1 Å². The molecule has 0 radical (unpaired) electrons. The van der Waals surface area contributed by atoms with E-state index in [9.17, 15) is 4.79 Å². The fourth-order valence-corrected chi connectivity index (χ4v) is 3.61. The minimum Gasteiger partial charge on any atom is -0.484 e. The highest BCUT2D eigenvalue weighted by Crippen LogP contribution is 2.31. The SMILES string of the molecule is O=C(COc1ccc(CO)cc1)NCc1ccc(C2CCCCCC2)cc1. The topological polar surface area (TPSA) is 58.6 Å². The third kappa shape index (κ3) is 6.10. The van der Waals surface area contributed by atoms with E-state index < -0.39 is 0 Å². The summed E-state index contributed by atoms with van der Waals surface area (Å²) in [5, 5.41) is 11.9. The molecule has 0 aliphatic heterocycles. The zero-order valence-corrected chi connectivity index (χ0v) is 15.8. The maximum absolute atomic E-state index is 12.0. The Balaban J connectivity index is 1.42. The van der Waals surface area contributed by atoms with Gasteiger partial charge in [-0.2, -0.15) is 0 Å². The van der Waals surface area contributed by atoms with Gasteiger partial charge in [0.05, 0.1) is 6.61 Å². The monoisotopic (exact) mass is 367 g/mol. The number of hydrogen-bond acceptors (Lipinski definition) is 3. The Bertz CT molecular complexity index is 701. The summed E-state index contributed by atoms with van der Waals surface area (Å²) in [5.41, 5.74) is 3.36. The smallest absolute Gasteiger partial charge is 0.258 e. The van der Waals surface area contributed by atoms with Crippen LogP contribution in [0.5, 0.6) is 5.75 Å². The number of ether oxygens (including phenoxy) is 1. The van der Waals surface area contributed by atoms with Gasteiger partial charge in [0.25, 0.3) is 5.91 Å². The summed E-state index contributed by atoms with van der Waals surface area (Å²) in [6.07, 6.45) is 8.01. The van der Waals surface area contributed by atoms with Crippen molar-refractivity contribution in [3.8, 4) is 5.75 Å². The molecule has 2 aromatic carbocycles. The van der Waals surface area contributed by atoms with E-state index >= 15 is 0 Å². The molecule has 4 nitrogen and oxygen atoms in total. The van der Waals surface area contributed by atoms with E-state index in [-0.39, 0.29) is 19.1 Å². The molecule has 144 valence electrons. The van der Waals surface area contributed by atoms with Gasteiger partial charge in [-0.1, -0.05) is 62.1 Å². The number of hydrogen-bond donors (Lipinski definition) is 2. The molecule has 1 amide bonds. The second-order valence-electron chi connectivity index (χ2n) is 7.30. The highest BCUT2D eigenvalue weighted by atomic mass is 16.5. The molecule has 1 fully saturated rings. The molecule has 0 spiro atoms. The van der Waals surface area contributed by atoms with E-state index in [2.05, 4.69) is 29.6 Å². The summed E-state index contributed by atoms with van der Waals surface area (Å²) in [6, 6.07) is 15.7. The first-order valence-corrected chi connectivity index (χ1v) is 9.93. The van der Waals surface area contributed by atoms with Crippen molar-refractivity contribution < 1.29 is 14.6 Å². The van der Waals surface area contributed by atoms with Crippen LogP contribution >= 0.6 is 0 Å². The normalized spacial score (nSPS) is 15.1. The molecule has 0 aromatic heterocycles. The lowest BCUT2D eigenvalue weighted by atomic mass is 9.91. The van der Waals surface area contributed by atoms with Crippen LogP contribution < -0.4 is 10.1 Å². The Kier molecular flexibility index (Phi) is 7.28. The standard InChI is InChI=1S/C23H29NO3/c25-16-19-9-13-22(14-10-19)27-17-23(26)24-15-18-7-11-21(12-8-18)20-5-3-1-2-4-6-20/h7-14,20,25H,1-6,15-17H2,(H,24,26). The van der Waals surface area contributed by atoms with Gasteiger partial charge in [-0.15, -0.1) is 0 Å². The van der Waals surface area contributed by atoms with Crippen LogP contribution in [0, 0.1) is 0 Å². The van der Waals surface area contributed by atoms with Gasteiger partial charge in [0.2, 0.25) is 0 Å². The third-order valence-corrected chi connectivity index (χ3v) is 5.27. The minimum atomic E-state index is -0.144. The molecular formula is C23H29NO3. The summed E-state index contributed by atoms with van der Waals surface area (Å²) in [5.74, 6) is 1.17. The molecule has 27 heavy (non-hydrogen) atoms. The van der Waals surface area contributed by atoms with E-state index in [1.54, 1.807) is 24.3 Å². The fourth-order valence-electron chi connectivity index (χ4n) is 3.61. The molecule has 1 aliphatic carbocycles. The summed E-state index contributed by atoms with van der Waals surface area (Å²) in [7, 11) is 0. The summed E-state index contributed by atoms with van der Waals surface area (Å²) < 4.78 is 5.47. The second kappa shape index (κ2) is 10.1. The Morgan fingerprint density at radius 2 is 1.56 bits per heavy atom. The van der Waals surface area contributed by atoms with Gasteiger partial charge in [-0.25, -0.2) is 0 Å². The zero-order chi connectivity index (χ0) is 18.9. The van der Waals surface area contributed by atoms with Gasteiger partial charge >= 0.3 is 0 Å². The lowest BCUT2D eigenvalue weighted by Gasteiger charge is -2.15. The molecule has 2 N–H and O–H groups in total. The Morgan fingerprint density at radius 3 is 2.19 bits per heavy atom. The Labute approximate surface area is 161 Å². The van der Waals surface area contributed by atoms with Gasteiger partial charge in [0, 0.05) is 6.54 Å². The molecule has 2 aromatic rings. The van der Waals surface area contributed by atoms with Crippen LogP contribution in [0.1, 0.15) is 61.1 Å². The highest BCUT2D eigenvalue weighted by molar-refractivity contribution is 5.77. The van der Waals surface area contributed by atoms with Crippen molar-refractivity contribution in [2.24, 2.45) is 0 Å². The molecule has 0 heterocycles. The van der Waals surface area contributed by atoms with Gasteiger partial charge in [-0.05, 0) is 47.6 Å². The molecule has 0 bridgehead atoms. The number of carbonyl (C=O) groups excluding carboxylic acids is 1. The largest absolute Gasteiger partial charge is 0.484 e. The van der Waals surface area contributed by atoms with Crippen LogP contribution in [0.15, 0.2) is 48.5 Å². The lowest BCUT2D eigenvalue weighted by Crippen LogP contribution is -2.28. The van der Waals surface area contributed by atoms with Crippen molar-refractivity contribution in [1.29, 1.82) is 0 Å². The van der Waals surface area contributed by atoms with Gasteiger partial charge < -0.3 is 15.2 Å².